The second-order valence-corrected chi connectivity index (χ2v) is 6.06. The molecule has 0 radical (unpaired) electrons. The molecule has 2 saturated heterocycles. The van der Waals surface area contributed by atoms with Crippen molar-refractivity contribution in [3.8, 4) is 0 Å². The highest BCUT2D eigenvalue weighted by molar-refractivity contribution is 5.76. The van der Waals surface area contributed by atoms with E-state index in [0.29, 0.717) is 19.0 Å². The molecule has 2 aliphatic heterocycles. The lowest BCUT2D eigenvalue weighted by Crippen LogP contribution is -2.47. The lowest BCUT2D eigenvalue weighted by Gasteiger charge is -2.32. The zero-order valence-electron chi connectivity index (χ0n) is 12.3. The fraction of sp³-hybridized carbons (Fsp3) is 0.929. The van der Waals surface area contributed by atoms with Crippen LogP contribution in [0.15, 0.2) is 0 Å². The number of carbonyl (C=O) groups is 1. The van der Waals surface area contributed by atoms with Crippen LogP contribution >= 0.6 is 0 Å². The van der Waals surface area contributed by atoms with Crippen LogP contribution < -0.4 is 5.73 Å². The normalized spacial score (nSPS) is 26.8. The van der Waals surface area contributed by atoms with E-state index in [1.807, 2.05) is 14.1 Å². The van der Waals surface area contributed by atoms with Gasteiger partial charge in [0.05, 0.1) is 0 Å². The summed E-state index contributed by atoms with van der Waals surface area (Å²) < 4.78 is 0. The molecule has 0 spiro atoms. The third-order valence-electron chi connectivity index (χ3n) is 4.53. The molecule has 0 aliphatic carbocycles. The Kier molecular flexibility index (Phi) is 5.19. The van der Waals surface area contributed by atoms with E-state index in [-0.39, 0.29) is 11.9 Å². The number of amides is 1. The van der Waals surface area contributed by atoms with Gasteiger partial charge in [-0.2, -0.15) is 0 Å². The van der Waals surface area contributed by atoms with E-state index in [4.69, 9.17) is 5.73 Å². The quantitative estimate of drug-likeness (QED) is 0.777. The summed E-state index contributed by atoms with van der Waals surface area (Å²) in [5.74, 6) is 0.183. The number of nitrogens with zero attached hydrogens (tertiary/aromatic N) is 3. The van der Waals surface area contributed by atoms with Crippen LogP contribution in [-0.2, 0) is 4.79 Å². The first kappa shape index (κ1) is 14.8. The van der Waals surface area contributed by atoms with Gasteiger partial charge >= 0.3 is 0 Å². The number of hydrogen-bond acceptors (Lipinski definition) is 4. The first-order valence-electron chi connectivity index (χ1n) is 7.50. The Bertz CT molecular complexity index is 308. The Morgan fingerprint density at radius 2 is 2.05 bits per heavy atom. The summed E-state index contributed by atoms with van der Waals surface area (Å²) in [6.07, 6.45) is 4.37. The first-order chi connectivity index (χ1) is 9.11. The van der Waals surface area contributed by atoms with Crippen LogP contribution in [0.2, 0.25) is 0 Å². The SMILES string of the molecule is CN(C)C(=O)CC(CN)N1CCCN2CCCC2C1. The molecule has 5 nitrogen and oxygen atoms in total. The minimum Gasteiger partial charge on any atom is -0.349 e. The molecule has 2 rings (SSSR count). The van der Waals surface area contributed by atoms with E-state index in [2.05, 4.69) is 9.80 Å². The minimum atomic E-state index is 0.183. The van der Waals surface area contributed by atoms with Crippen LogP contribution in [0.5, 0.6) is 0 Å². The summed E-state index contributed by atoms with van der Waals surface area (Å²) in [6.45, 7) is 5.20. The summed E-state index contributed by atoms with van der Waals surface area (Å²) in [5, 5.41) is 0. The Morgan fingerprint density at radius 3 is 2.74 bits per heavy atom. The van der Waals surface area contributed by atoms with Gasteiger partial charge in [0.25, 0.3) is 0 Å². The molecular formula is C14H28N4O. The van der Waals surface area contributed by atoms with Gasteiger partial charge in [-0.1, -0.05) is 0 Å². The zero-order valence-corrected chi connectivity index (χ0v) is 12.3. The summed E-state index contributed by atoms with van der Waals surface area (Å²) in [6, 6.07) is 0.890. The van der Waals surface area contributed by atoms with Crippen molar-refractivity contribution in [1.29, 1.82) is 0 Å². The lowest BCUT2D eigenvalue weighted by molar-refractivity contribution is -0.130. The average molecular weight is 268 g/mol. The van der Waals surface area contributed by atoms with Crippen LogP contribution in [0.3, 0.4) is 0 Å². The van der Waals surface area contributed by atoms with E-state index in [9.17, 15) is 4.79 Å². The van der Waals surface area contributed by atoms with Crippen molar-refractivity contribution in [1.82, 2.24) is 14.7 Å². The molecule has 0 aromatic carbocycles. The molecule has 19 heavy (non-hydrogen) atoms. The molecule has 0 aromatic heterocycles. The zero-order chi connectivity index (χ0) is 13.8. The predicted molar refractivity (Wildman–Crippen MR) is 76.9 cm³/mol. The van der Waals surface area contributed by atoms with Crippen molar-refractivity contribution in [3.05, 3.63) is 0 Å². The second kappa shape index (κ2) is 6.68. The summed E-state index contributed by atoms with van der Waals surface area (Å²) >= 11 is 0. The number of nitrogens with two attached hydrogens (primary N) is 1. The molecule has 1 amide bonds. The number of carbonyl (C=O) groups excluding carboxylic acids is 1. The molecule has 110 valence electrons. The molecule has 0 aromatic rings. The second-order valence-electron chi connectivity index (χ2n) is 6.06. The van der Waals surface area contributed by atoms with E-state index in [1.54, 1.807) is 4.90 Å². The Hall–Kier alpha value is -0.650. The van der Waals surface area contributed by atoms with Crippen LogP contribution in [-0.4, -0.2) is 79.5 Å². The van der Waals surface area contributed by atoms with Crippen LogP contribution in [0.4, 0.5) is 0 Å². The van der Waals surface area contributed by atoms with Crippen molar-refractivity contribution in [2.24, 2.45) is 5.73 Å². The maximum Gasteiger partial charge on any atom is 0.223 e. The van der Waals surface area contributed by atoms with Gasteiger partial charge in [0.2, 0.25) is 5.91 Å². The third-order valence-corrected chi connectivity index (χ3v) is 4.53. The molecule has 2 fully saturated rings. The Labute approximate surface area is 116 Å². The summed E-state index contributed by atoms with van der Waals surface area (Å²) in [7, 11) is 3.63. The summed E-state index contributed by atoms with van der Waals surface area (Å²) in [4.78, 5) is 18.6. The van der Waals surface area contributed by atoms with E-state index in [0.717, 1.165) is 13.1 Å². The van der Waals surface area contributed by atoms with Gasteiger partial charge in [-0.25, -0.2) is 0 Å². The predicted octanol–water partition coefficient (Wildman–Crippen LogP) is -0.0379. The number of fused-ring (bicyclic) bond motifs is 1. The molecular weight excluding hydrogens is 240 g/mol. The smallest absolute Gasteiger partial charge is 0.223 e. The van der Waals surface area contributed by atoms with Crippen molar-refractivity contribution in [3.63, 3.8) is 0 Å². The monoisotopic (exact) mass is 268 g/mol. The van der Waals surface area contributed by atoms with Gasteiger partial charge in [0, 0.05) is 45.7 Å². The molecule has 2 aliphatic rings. The van der Waals surface area contributed by atoms with Gasteiger partial charge in [-0.15, -0.1) is 0 Å². The van der Waals surface area contributed by atoms with Gasteiger partial charge < -0.3 is 10.6 Å². The summed E-state index contributed by atoms with van der Waals surface area (Å²) in [5.41, 5.74) is 5.91. The molecule has 2 N–H and O–H groups in total. The Morgan fingerprint density at radius 1 is 1.32 bits per heavy atom. The van der Waals surface area contributed by atoms with Crippen LogP contribution in [0.25, 0.3) is 0 Å². The van der Waals surface area contributed by atoms with Crippen molar-refractivity contribution in [2.75, 3.05) is 46.8 Å². The van der Waals surface area contributed by atoms with Gasteiger partial charge in [0.1, 0.15) is 0 Å². The standard InChI is InChI=1S/C14H28N4O/c1-16(2)14(19)9-13(10-15)18-8-4-7-17-6-3-5-12(17)11-18/h12-13H,3-11,15H2,1-2H3. The highest BCUT2D eigenvalue weighted by atomic mass is 16.2. The molecule has 2 heterocycles. The molecule has 0 saturated carbocycles. The van der Waals surface area contributed by atoms with Crippen LogP contribution in [0, 0.1) is 0 Å². The van der Waals surface area contributed by atoms with Crippen molar-refractivity contribution in [2.45, 2.75) is 37.8 Å². The Balaban J connectivity index is 1.95. The minimum absolute atomic E-state index is 0.183. The van der Waals surface area contributed by atoms with Gasteiger partial charge in [-0.3, -0.25) is 14.6 Å². The fourth-order valence-electron chi connectivity index (χ4n) is 3.31. The van der Waals surface area contributed by atoms with E-state index >= 15 is 0 Å². The van der Waals surface area contributed by atoms with Crippen LogP contribution in [0.1, 0.15) is 25.7 Å². The first-order valence-corrected chi connectivity index (χ1v) is 7.50. The fourth-order valence-corrected chi connectivity index (χ4v) is 3.31. The van der Waals surface area contributed by atoms with Gasteiger partial charge in [0.15, 0.2) is 0 Å². The molecule has 0 bridgehead atoms. The van der Waals surface area contributed by atoms with E-state index in [1.165, 1.54) is 32.4 Å². The average Bonchev–Trinajstić information content (AvgIpc) is 2.73. The topological polar surface area (TPSA) is 52.8 Å². The molecule has 5 heteroatoms. The number of rotatable bonds is 4. The largest absolute Gasteiger partial charge is 0.349 e. The van der Waals surface area contributed by atoms with Crippen molar-refractivity contribution >= 4 is 5.91 Å². The van der Waals surface area contributed by atoms with E-state index < -0.39 is 0 Å². The van der Waals surface area contributed by atoms with Crippen molar-refractivity contribution < 1.29 is 4.79 Å². The molecule has 2 unspecified atom stereocenters. The highest BCUT2D eigenvalue weighted by Crippen LogP contribution is 2.22. The maximum absolute atomic E-state index is 11.9. The maximum atomic E-state index is 11.9. The molecule has 2 atom stereocenters. The lowest BCUT2D eigenvalue weighted by atomic mass is 10.1. The third kappa shape index (κ3) is 3.68. The van der Waals surface area contributed by atoms with Gasteiger partial charge in [-0.05, 0) is 38.9 Å². The number of hydrogen-bond donors (Lipinski definition) is 1. The highest BCUT2D eigenvalue weighted by Gasteiger charge is 2.31.